The van der Waals surface area contributed by atoms with Gasteiger partial charge in [0, 0.05) is 5.56 Å². The number of anilines is 1. The van der Waals surface area contributed by atoms with Crippen molar-refractivity contribution in [2.75, 3.05) is 12.4 Å². The first kappa shape index (κ1) is 17.1. The normalized spacial score (nSPS) is 10.1. The van der Waals surface area contributed by atoms with E-state index in [0.29, 0.717) is 11.1 Å². The summed E-state index contributed by atoms with van der Waals surface area (Å²) in [5, 5.41) is 13.8. The van der Waals surface area contributed by atoms with Crippen molar-refractivity contribution in [3.05, 3.63) is 68.8 Å². The van der Waals surface area contributed by atoms with E-state index < -0.39 is 16.8 Å². The Hall–Kier alpha value is -3.22. The van der Waals surface area contributed by atoms with Crippen LogP contribution in [0.4, 0.5) is 11.4 Å². The molecule has 2 aromatic carbocycles. The van der Waals surface area contributed by atoms with Crippen LogP contribution in [0.3, 0.4) is 0 Å². The minimum Gasteiger partial charge on any atom is -0.465 e. The molecule has 0 fully saturated rings. The average Bonchev–Trinajstić information content (AvgIpc) is 2.53. The fourth-order valence-electron chi connectivity index (χ4n) is 2.42. The number of carbonyl (C=O) groups is 2. The van der Waals surface area contributed by atoms with Gasteiger partial charge in [-0.15, -0.1) is 0 Å². The van der Waals surface area contributed by atoms with Crippen LogP contribution < -0.4 is 5.32 Å². The minimum absolute atomic E-state index is 0.0719. The molecule has 0 saturated heterocycles. The third-order valence-electron chi connectivity index (χ3n) is 3.58. The van der Waals surface area contributed by atoms with Crippen LogP contribution in [0.15, 0.2) is 36.4 Å². The maximum atomic E-state index is 12.5. The third-order valence-corrected chi connectivity index (χ3v) is 3.58. The number of nitro groups is 1. The van der Waals surface area contributed by atoms with Crippen LogP contribution in [-0.2, 0) is 4.74 Å². The maximum Gasteiger partial charge on any atom is 0.340 e. The lowest BCUT2D eigenvalue weighted by molar-refractivity contribution is -0.385. The lowest BCUT2D eigenvalue weighted by atomic mass is 10.0. The molecule has 0 heterocycles. The molecule has 0 bridgehead atoms. The summed E-state index contributed by atoms with van der Waals surface area (Å²) < 4.78 is 4.73. The van der Waals surface area contributed by atoms with Gasteiger partial charge in [-0.2, -0.15) is 0 Å². The van der Waals surface area contributed by atoms with Crippen molar-refractivity contribution < 1.29 is 19.2 Å². The molecule has 0 aliphatic rings. The highest BCUT2D eigenvalue weighted by Gasteiger charge is 2.24. The van der Waals surface area contributed by atoms with Gasteiger partial charge in [0.05, 0.1) is 23.3 Å². The van der Waals surface area contributed by atoms with Gasteiger partial charge in [-0.25, -0.2) is 4.79 Å². The molecule has 24 heavy (non-hydrogen) atoms. The van der Waals surface area contributed by atoms with Crippen molar-refractivity contribution in [2.24, 2.45) is 0 Å². The molecule has 0 unspecified atom stereocenters. The predicted molar refractivity (Wildman–Crippen MR) is 88.3 cm³/mol. The van der Waals surface area contributed by atoms with Crippen molar-refractivity contribution in [1.29, 1.82) is 0 Å². The Labute approximate surface area is 138 Å². The summed E-state index contributed by atoms with van der Waals surface area (Å²) in [5.41, 5.74) is 1.12. The van der Waals surface area contributed by atoms with Crippen molar-refractivity contribution in [3.63, 3.8) is 0 Å². The second kappa shape index (κ2) is 6.91. The van der Waals surface area contributed by atoms with Crippen molar-refractivity contribution >= 4 is 23.3 Å². The Morgan fingerprint density at radius 1 is 1.08 bits per heavy atom. The molecule has 0 atom stereocenters. The number of methoxy groups -OCH3 is 1. The molecule has 0 radical (unpaired) electrons. The van der Waals surface area contributed by atoms with Gasteiger partial charge in [-0.1, -0.05) is 24.3 Å². The van der Waals surface area contributed by atoms with Gasteiger partial charge < -0.3 is 10.1 Å². The summed E-state index contributed by atoms with van der Waals surface area (Å²) in [6, 6.07) is 9.40. The molecule has 2 aromatic rings. The molecular formula is C17H16N2O5. The van der Waals surface area contributed by atoms with Gasteiger partial charge >= 0.3 is 5.97 Å². The Balaban J connectivity index is 2.46. The third kappa shape index (κ3) is 3.24. The Bertz CT molecular complexity index is 830. The fraction of sp³-hybridized carbons (Fsp3) is 0.176. The van der Waals surface area contributed by atoms with E-state index in [1.54, 1.807) is 44.2 Å². The maximum absolute atomic E-state index is 12.5. The standard InChI is InChI=1S/C17H16N2O5/c1-10-6-5-9-13(14(10)17(21)24-3)18-16(20)12-8-4-7-11(2)15(12)19(22)23/h4-9H,1-3H3,(H,18,20). The number of hydrogen-bond acceptors (Lipinski definition) is 5. The monoisotopic (exact) mass is 328 g/mol. The van der Waals surface area contributed by atoms with Gasteiger partial charge in [-0.05, 0) is 31.5 Å². The number of para-hydroxylation sites is 1. The number of rotatable bonds is 4. The largest absolute Gasteiger partial charge is 0.465 e. The number of hydrogen-bond donors (Lipinski definition) is 1. The Morgan fingerprint density at radius 3 is 2.33 bits per heavy atom. The van der Waals surface area contributed by atoms with Gasteiger partial charge in [-0.3, -0.25) is 14.9 Å². The second-order valence-corrected chi connectivity index (χ2v) is 5.17. The van der Waals surface area contributed by atoms with Crippen LogP contribution >= 0.6 is 0 Å². The SMILES string of the molecule is COC(=O)c1c(C)cccc1NC(=O)c1cccc(C)c1[N+](=O)[O-]. The first-order valence-corrected chi connectivity index (χ1v) is 7.10. The van der Waals surface area contributed by atoms with Crippen LogP contribution in [0.5, 0.6) is 0 Å². The van der Waals surface area contributed by atoms with Crippen LogP contribution in [0.25, 0.3) is 0 Å². The number of nitrogens with zero attached hydrogens (tertiary/aromatic N) is 1. The number of carbonyl (C=O) groups excluding carboxylic acids is 2. The zero-order chi connectivity index (χ0) is 17.9. The quantitative estimate of drug-likeness (QED) is 0.527. The molecule has 1 amide bonds. The lowest BCUT2D eigenvalue weighted by Crippen LogP contribution is -2.17. The van der Waals surface area contributed by atoms with E-state index in [9.17, 15) is 19.7 Å². The number of amides is 1. The molecule has 7 nitrogen and oxygen atoms in total. The predicted octanol–water partition coefficient (Wildman–Crippen LogP) is 3.25. The summed E-state index contributed by atoms with van der Waals surface area (Å²) in [4.78, 5) is 35.0. The fourth-order valence-corrected chi connectivity index (χ4v) is 2.42. The van der Waals surface area contributed by atoms with Gasteiger partial charge in [0.25, 0.3) is 11.6 Å². The molecule has 0 saturated carbocycles. The average molecular weight is 328 g/mol. The summed E-state index contributed by atoms with van der Waals surface area (Å²) in [6.45, 7) is 3.26. The molecule has 1 N–H and O–H groups in total. The number of nitrogens with one attached hydrogen (secondary N) is 1. The van der Waals surface area contributed by atoms with E-state index >= 15 is 0 Å². The highest BCUT2D eigenvalue weighted by Crippen LogP contribution is 2.26. The lowest BCUT2D eigenvalue weighted by Gasteiger charge is -2.12. The topological polar surface area (TPSA) is 98.5 Å². The number of aryl methyl sites for hydroxylation is 2. The van der Waals surface area contributed by atoms with E-state index in [1.807, 2.05) is 0 Å². The van der Waals surface area contributed by atoms with Gasteiger partial charge in [0.2, 0.25) is 0 Å². The van der Waals surface area contributed by atoms with E-state index in [-0.39, 0.29) is 22.5 Å². The van der Waals surface area contributed by atoms with Crippen molar-refractivity contribution in [1.82, 2.24) is 0 Å². The first-order valence-electron chi connectivity index (χ1n) is 7.10. The van der Waals surface area contributed by atoms with E-state index in [2.05, 4.69) is 5.32 Å². The Kier molecular flexibility index (Phi) is 4.93. The number of ether oxygens (including phenoxy) is 1. The highest BCUT2D eigenvalue weighted by molar-refractivity contribution is 6.10. The van der Waals surface area contributed by atoms with Crippen molar-refractivity contribution in [2.45, 2.75) is 13.8 Å². The van der Waals surface area contributed by atoms with E-state index in [0.717, 1.165) is 0 Å². The molecule has 124 valence electrons. The van der Waals surface area contributed by atoms with Crippen LogP contribution in [0, 0.1) is 24.0 Å². The number of nitro benzene ring substituents is 1. The van der Waals surface area contributed by atoms with E-state index in [4.69, 9.17) is 4.74 Å². The molecule has 0 aliphatic heterocycles. The molecular weight excluding hydrogens is 312 g/mol. The Morgan fingerprint density at radius 2 is 1.71 bits per heavy atom. The molecule has 0 spiro atoms. The summed E-state index contributed by atoms with van der Waals surface area (Å²) >= 11 is 0. The zero-order valence-electron chi connectivity index (χ0n) is 13.5. The second-order valence-electron chi connectivity index (χ2n) is 5.17. The van der Waals surface area contributed by atoms with E-state index in [1.165, 1.54) is 13.2 Å². The summed E-state index contributed by atoms with van der Waals surface area (Å²) in [6.07, 6.45) is 0. The molecule has 0 aromatic heterocycles. The molecule has 0 aliphatic carbocycles. The number of esters is 1. The van der Waals surface area contributed by atoms with Crippen LogP contribution in [0.2, 0.25) is 0 Å². The van der Waals surface area contributed by atoms with Crippen LogP contribution in [0.1, 0.15) is 31.8 Å². The highest BCUT2D eigenvalue weighted by atomic mass is 16.6. The summed E-state index contributed by atoms with van der Waals surface area (Å²) in [7, 11) is 1.24. The first-order chi connectivity index (χ1) is 11.4. The smallest absolute Gasteiger partial charge is 0.340 e. The molecule has 2 rings (SSSR count). The number of benzene rings is 2. The van der Waals surface area contributed by atoms with Crippen LogP contribution in [-0.4, -0.2) is 23.9 Å². The zero-order valence-corrected chi connectivity index (χ0v) is 13.5. The van der Waals surface area contributed by atoms with Gasteiger partial charge in [0.15, 0.2) is 0 Å². The van der Waals surface area contributed by atoms with Crippen molar-refractivity contribution in [3.8, 4) is 0 Å². The van der Waals surface area contributed by atoms with Gasteiger partial charge in [0.1, 0.15) is 5.56 Å². The summed E-state index contributed by atoms with van der Waals surface area (Å²) in [5.74, 6) is -1.26. The molecule has 7 heteroatoms. The minimum atomic E-state index is -0.666.